The molecule has 0 aromatic carbocycles. The molecule has 0 aliphatic carbocycles. The molecule has 0 unspecified atom stereocenters. The van der Waals surface area contributed by atoms with Crippen molar-refractivity contribution in [3.8, 4) is 5.69 Å². The first kappa shape index (κ1) is 8.49. The molecule has 0 fully saturated rings. The van der Waals surface area contributed by atoms with E-state index >= 15 is 0 Å². The Labute approximate surface area is 79.6 Å². The van der Waals surface area contributed by atoms with E-state index in [1.54, 1.807) is 25.5 Å². The lowest BCUT2D eigenvalue weighted by atomic mass is 10.3. The molecule has 0 spiro atoms. The predicted octanol–water partition coefficient (Wildman–Crippen LogP) is -0.452. The highest BCUT2D eigenvalue weighted by Crippen LogP contribution is 2.04. The van der Waals surface area contributed by atoms with Crippen LogP contribution in [0.4, 0.5) is 5.69 Å². The highest BCUT2D eigenvalue weighted by Gasteiger charge is 2.05. The van der Waals surface area contributed by atoms with Crippen LogP contribution in [0.25, 0.3) is 5.69 Å². The predicted molar refractivity (Wildman–Crippen MR) is 51.0 cm³/mol. The summed E-state index contributed by atoms with van der Waals surface area (Å²) in [5, 5.41) is 7.35. The second kappa shape index (κ2) is 2.99. The van der Waals surface area contributed by atoms with Crippen LogP contribution in [0.15, 0.2) is 29.5 Å². The molecule has 0 bridgehead atoms. The van der Waals surface area contributed by atoms with Gasteiger partial charge in [-0.25, -0.2) is 4.68 Å². The second-order valence-corrected chi connectivity index (χ2v) is 2.92. The molecule has 72 valence electrons. The van der Waals surface area contributed by atoms with Crippen molar-refractivity contribution >= 4 is 5.69 Å². The molecule has 0 amide bonds. The third-order valence-corrected chi connectivity index (χ3v) is 1.85. The smallest absolute Gasteiger partial charge is 0.276 e. The van der Waals surface area contributed by atoms with Crippen molar-refractivity contribution in [2.45, 2.75) is 0 Å². The van der Waals surface area contributed by atoms with Gasteiger partial charge in [-0.15, -0.1) is 5.10 Å². The fourth-order valence-electron chi connectivity index (χ4n) is 1.22. The molecule has 2 aromatic heterocycles. The molecule has 2 heterocycles. The quantitative estimate of drug-likeness (QED) is 0.662. The van der Waals surface area contributed by atoms with Crippen LogP contribution in [0.5, 0.6) is 0 Å². The van der Waals surface area contributed by atoms with Crippen molar-refractivity contribution in [1.82, 2.24) is 19.6 Å². The van der Waals surface area contributed by atoms with E-state index in [1.165, 1.54) is 15.4 Å². The normalized spacial score (nSPS) is 10.4. The van der Waals surface area contributed by atoms with Crippen molar-refractivity contribution in [1.29, 1.82) is 0 Å². The van der Waals surface area contributed by atoms with Crippen LogP contribution in [-0.2, 0) is 7.05 Å². The molecule has 2 N–H and O–H groups in total. The van der Waals surface area contributed by atoms with E-state index < -0.39 is 0 Å². The molecule has 0 aliphatic rings. The molecule has 6 heteroatoms. The van der Waals surface area contributed by atoms with Crippen LogP contribution < -0.4 is 11.3 Å². The maximum absolute atomic E-state index is 11.6. The van der Waals surface area contributed by atoms with Crippen molar-refractivity contribution in [2.24, 2.45) is 7.05 Å². The molecule has 0 radical (unpaired) electrons. The molecule has 0 atom stereocenters. The number of aromatic nitrogens is 4. The lowest BCUT2D eigenvalue weighted by Crippen LogP contribution is -2.22. The van der Waals surface area contributed by atoms with E-state index in [2.05, 4.69) is 10.3 Å². The number of hydrogen-bond donors (Lipinski definition) is 1. The molecular formula is C8H9N5O. The number of anilines is 1. The standard InChI is InChI=1S/C8H9N5O/c1-12-5-6(9)4-7(8(12)14)13-3-2-10-11-13/h2-5H,9H2,1H3. The van der Waals surface area contributed by atoms with E-state index in [0.29, 0.717) is 11.4 Å². The summed E-state index contributed by atoms with van der Waals surface area (Å²) in [6.45, 7) is 0. The van der Waals surface area contributed by atoms with Crippen molar-refractivity contribution in [2.75, 3.05) is 5.73 Å². The Morgan fingerprint density at radius 3 is 2.93 bits per heavy atom. The van der Waals surface area contributed by atoms with Gasteiger partial charge in [0.25, 0.3) is 5.56 Å². The number of nitrogens with zero attached hydrogens (tertiary/aromatic N) is 4. The first-order chi connectivity index (χ1) is 6.68. The third-order valence-electron chi connectivity index (χ3n) is 1.85. The molecule has 2 aromatic rings. The summed E-state index contributed by atoms with van der Waals surface area (Å²) in [5.41, 5.74) is 6.36. The van der Waals surface area contributed by atoms with Gasteiger partial charge in [0.2, 0.25) is 0 Å². The number of pyridine rings is 1. The first-order valence-corrected chi connectivity index (χ1v) is 4.01. The lowest BCUT2D eigenvalue weighted by molar-refractivity contribution is 0.765. The Morgan fingerprint density at radius 1 is 1.50 bits per heavy atom. The molecular weight excluding hydrogens is 182 g/mol. The summed E-state index contributed by atoms with van der Waals surface area (Å²) in [5.74, 6) is 0. The van der Waals surface area contributed by atoms with E-state index in [1.807, 2.05) is 0 Å². The largest absolute Gasteiger partial charge is 0.397 e. The highest BCUT2D eigenvalue weighted by molar-refractivity contribution is 5.44. The SMILES string of the molecule is Cn1cc(N)cc(-n2ccnn2)c1=O. The van der Waals surface area contributed by atoms with Gasteiger partial charge in [0.1, 0.15) is 5.69 Å². The Balaban J connectivity index is 2.70. The number of aryl methyl sites for hydroxylation is 1. The second-order valence-electron chi connectivity index (χ2n) is 2.92. The Hall–Kier alpha value is -2.11. The molecule has 0 saturated carbocycles. The fraction of sp³-hybridized carbons (Fsp3) is 0.125. The van der Waals surface area contributed by atoms with Crippen molar-refractivity contribution in [3.63, 3.8) is 0 Å². The molecule has 0 saturated heterocycles. The maximum atomic E-state index is 11.6. The number of hydrogen-bond acceptors (Lipinski definition) is 4. The minimum Gasteiger partial charge on any atom is -0.397 e. The topological polar surface area (TPSA) is 78.7 Å². The van der Waals surface area contributed by atoms with Crippen molar-refractivity contribution in [3.05, 3.63) is 35.0 Å². The van der Waals surface area contributed by atoms with Crippen LogP contribution in [0, 0.1) is 0 Å². The Morgan fingerprint density at radius 2 is 2.29 bits per heavy atom. The number of rotatable bonds is 1. The van der Waals surface area contributed by atoms with E-state index in [9.17, 15) is 4.79 Å². The molecule has 2 rings (SSSR count). The Kier molecular flexibility index (Phi) is 1.81. The van der Waals surface area contributed by atoms with Crippen molar-refractivity contribution < 1.29 is 0 Å². The minimum absolute atomic E-state index is 0.162. The summed E-state index contributed by atoms with van der Waals surface area (Å²) in [7, 11) is 1.64. The summed E-state index contributed by atoms with van der Waals surface area (Å²) >= 11 is 0. The highest BCUT2D eigenvalue weighted by atomic mass is 16.1. The molecule has 14 heavy (non-hydrogen) atoms. The van der Waals surface area contributed by atoms with Gasteiger partial charge in [0, 0.05) is 13.2 Å². The van der Waals surface area contributed by atoms with Gasteiger partial charge >= 0.3 is 0 Å². The minimum atomic E-state index is -0.162. The summed E-state index contributed by atoms with van der Waals surface area (Å²) < 4.78 is 2.80. The van der Waals surface area contributed by atoms with Crippen LogP contribution in [-0.4, -0.2) is 19.6 Å². The van der Waals surface area contributed by atoms with Gasteiger partial charge in [-0.05, 0) is 6.07 Å². The molecule has 0 aliphatic heterocycles. The zero-order valence-corrected chi connectivity index (χ0v) is 7.58. The zero-order chi connectivity index (χ0) is 10.1. The molecule has 6 nitrogen and oxygen atoms in total. The number of nitrogen functional groups attached to an aromatic ring is 1. The van der Waals surface area contributed by atoms with Gasteiger partial charge in [-0.1, -0.05) is 5.21 Å². The van der Waals surface area contributed by atoms with Gasteiger partial charge in [-0.2, -0.15) is 0 Å². The maximum Gasteiger partial charge on any atom is 0.276 e. The monoisotopic (exact) mass is 191 g/mol. The number of nitrogens with two attached hydrogens (primary N) is 1. The van der Waals surface area contributed by atoms with Crippen LogP contribution in [0.3, 0.4) is 0 Å². The van der Waals surface area contributed by atoms with Crippen LogP contribution >= 0.6 is 0 Å². The summed E-state index contributed by atoms with van der Waals surface area (Å²) in [6, 6.07) is 1.57. The van der Waals surface area contributed by atoms with Gasteiger partial charge < -0.3 is 10.3 Å². The van der Waals surface area contributed by atoms with Gasteiger partial charge in [0.15, 0.2) is 0 Å². The first-order valence-electron chi connectivity index (χ1n) is 4.01. The fourth-order valence-corrected chi connectivity index (χ4v) is 1.22. The van der Waals surface area contributed by atoms with E-state index in [0.717, 1.165) is 0 Å². The average molecular weight is 191 g/mol. The Bertz CT molecular complexity index is 499. The van der Waals surface area contributed by atoms with Gasteiger partial charge in [-0.3, -0.25) is 4.79 Å². The average Bonchev–Trinajstić information content (AvgIpc) is 2.63. The van der Waals surface area contributed by atoms with Crippen LogP contribution in [0.2, 0.25) is 0 Å². The lowest BCUT2D eigenvalue weighted by Gasteiger charge is -2.04. The summed E-state index contributed by atoms with van der Waals surface area (Å²) in [4.78, 5) is 11.6. The van der Waals surface area contributed by atoms with Crippen LogP contribution in [0.1, 0.15) is 0 Å². The van der Waals surface area contributed by atoms with Gasteiger partial charge in [0.05, 0.1) is 18.1 Å². The van der Waals surface area contributed by atoms with E-state index in [-0.39, 0.29) is 5.56 Å². The van der Waals surface area contributed by atoms with E-state index in [4.69, 9.17) is 5.73 Å². The zero-order valence-electron chi connectivity index (χ0n) is 7.58. The third kappa shape index (κ3) is 1.26. The summed E-state index contributed by atoms with van der Waals surface area (Å²) in [6.07, 6.45) is 4.65.